The average Bonchev–Trinajstić information content (AvgIpc) is 3.36. The summed E-state index contributed by atoms with van der Waals surface area (Å²) in [5, 5.41) is 6.77. The molecule has 1 unspecified atom stereocenters. The third-order valence-electron chi connectivity index (χ3n) is 5.19. The molecule has 7 heteroatoms. The second-order valence-corrected chi connectivity index (χ2v) is 7.44. The van der Waals surface area contributed by atoms with Crippen molar-refractivity contribution in [3.8, 4) is 0 Å². The van der Waals surface area contributed by atoms with Gasteiger partial charge in [-0.15, -0.1) is 0 Å². The third kappa shape index (κ3) is 6.79. The first-order valence-electron chi connectivity index (χ1n) is 10.7. The van der Waals surface area contributed by atoms with Gasteiger partial charge in [0.05, 0.1) is 19.4 Å². The van der Waals surface area contributed by atoms with E-state index in [9.17, 15) is 0 Å². The molecule has 2 heterocycles. The van der Waals surface area contributed by atoms with Gasteiger partial charge in [-0.05, 0) is 38.3 Å². The summed E-state index contributed by atoms with van der Waals surface area (Å²) < 4.78 is 23.1. The first-order valence-corrected chi connectivity index (χ1v) is 10.7. The molecule has 1 aliphatic carbocycles. The van der Waals surface area contributed by atoms with Crippen molar-refractivity contribution >= 4 is 5.96 Å². The molecule has 3 rings (SSSR count). The normalized spacial score (nSPS) is 21.9. The first kappa shape index (κ1) is 21.1. The predicted molar refractivity (Wildman–Crippen MR) is 108 cm³/mol. The summed E-state index contributed by atoms with van der Waals surface area (Å²) in [5.41, 5.74) is 0. The molecule has 2 aliphatic rings. The van der Waals surface area contributed by atoms with Crippen LogP contribution < -0.4 is 10.6 Å². The molecule has 1 aromatic rings. The van der Waals surface area contributed by atoms with Crippen LogP contribution in [0.5, 0.6) is 0 Å². The summed E-state index contributed by atoms with van der Waals surface area (Å²) in [6.07, 6.45) is 9.19. The maximum atomic E-state index is 6.24. The molecule has 158 valence electrons. The maximum Gasteiger partial charge on any atom is 0.191 e. The Hall–Kier alpha value is -1.57. The maximum absolute atomic E-state index is 6.24. The SMILES string of the molecule is CCOCCCNC(=NCC1COC2(CCCCC2)O1)NCCc1ccco1. The fraction of sp³-hybridized carbons (Fsp3) is 0.762. The Morgan fingerprint density at radius 2 is 2.11 bits per heavy atom. The van der Waals surface area contributed by atoms with Crippen LogP contribution in [-0.2, 0) is 20.6 Å². The van der Waals surface area contributed by atoms with E-state index >= 15 is 0 Å². The molecule has 0 radical (unpaired) electrons. The van der Waals surface area contributed by atoms with E-state index in [4.69, 9.17) is 23.6 Å². The van der Waals surface area contributed by atoms with E-state index in [1.54, 1.807) is 6.26 Å². The zero-order valence-corrected chi connectivity index (χ0v) is 17.1. The van der Waals surface area contributed by atoms with E-state index in [2.05, 4.69) is 10.6 Å². The van der Waals surface area contributed by atoms with Crippen LogP contribution in [0.1, 0.15) is 51.2 Å². The Balaban J connectivity index is 1.45. The Kier molecular flexibility index (Phi) is 8.64. The van der Waals surface area contributed by atoms with E-state index in [-0.39, 0.29) is 11.9 Å². The second kappa shape index (κ2) is 11.4. The molecular formula is C21H35N3O4. The molecule has 0 amide bonds. The molecule has 2 fully saturated rings. The molecular weight excluding hydrogens is 358 g/mol. The van der Waals surface area contributed by atoms with Crippen molar-refractivity contribution in [1.82, 2.24) is 10.6 Å². The summed E-state index contributed by atoms with van der Waals surface area (Å²) in [5.74, 6) is 1.43. The summed E-state index contributed by atoms with van der Waals surface area (Å²) in [6, 6.07) is 3.90. The van der Waals surface area contributed by atoms with Crippen LogP contribution >= 0.6 is 0 Å². The number of furan rings is 1. The van der Waals surface area contributed by atoms with Gasteiger partial charge in [-0.2, -0.15) is 0 Å². The molecule has 1 spiro atoms. The molecule has 28 heavy (non-hydrogen) atoms. The smallest absolute Gasteiger partial charge is 0.191 e. The summed E-state index contributed by atoms with van der Waals surface area (Å²) in [6.45, 7) is 6.33. The highest BCUT2D eigenvalue weighted by molar-refractivity contribution is 5.79. The van der Waals surface area contributed by atoms with Crippen molar-refractivity contribution in [3.05, 3.63) is 24.2 Å². The largest absolute Gasteiger partial charge is 0.469 e. The van der Waals surface area contributed by atoms with Gasteiger partial charge in [-0.25, -0.2) is 0 Å². The minimum absolute atomic E-state index is 0.0326. The van der Waals surface area contributed by atoms with Crippen LogP contribution in [0.2, 0.25) is 0 Å². The molecule has 1 aromatic heterocycles. The number of aliphatic imine (C=N–C) groups is 1. The van der Waals surface area contributed by atoms with Gasteiger partial charge in [0, 0.05) is 45.6 Å². The zero-order valence-electron chi connectivity index (χ0n) is 17.1. The lowest BCUT2D eigenvalue weighted by molar-refractivity contribution is -0.186. The zero-order chi connectivity index (χ0) is 19.5. The van der Waals surface area contributed by atoms with Gasteiger partial charge >= 0.3 is 0 Å². The molecule has 7 nitrogen and oxygen atoms in total. The van der Waals surface area contributed by atoms with Crippen molar-refractivity contribution in [2.45, 2.75) is 63.8 Å². The van der Waals surface area contributed by atoms with E-state index in [1.807, 2.05) is 19.1 Å². The van der Waals surface area contributed by atoms with Crippen LogP contribution in [-0.4, -0.2) is 57.3 Å². The van der Waals surface area contributed by atoms with Crippen molar-refractivity contribution in [1.29, 1.82) is 0 Å². The minimum atomic E-state index is -0.337. The molecule has 1 aliphatic heterocycles. The highest BCUT2D eigenvalue weighted by atomic mass is 16.7. The van der Waals surface area contributed by atoms with Gasteiger partial charge in [-0.1, -0.05) is 6.42 Å². The molecule has 2 N–H and O–H groups in total. The van der Waals surface area contributed by atoms with E-state index < -0.39 is 0 Å². The molecule has 0 bridgehead atoms. The predicted octanol–water partition coefficient (Wildman–Crippen LogP) is 2.86. The van der Waals surface area contributed by atoms with E-state index in [1.165, 1.54) is 19.3 Å². The average molecular weight is 394 g/mol. The van der Waals surface area contributed by atoms with Crippen LogP contribution in [0.25, 0.3) is 0 Å². The quantitative estimate of drug-likeness (QED) is 0.362. The fourth-order valence-corrected chi connectivity index (χ4v) is 3.71. The Labute approximate surface area is 168 Å². The van der Waals surface area contributed by atoms with E-state index in [0.717, 1.165) is 63.7 Å². The molecule has 1 atom stereocenters. The Morgan fingerprint density at radius 1 is 1.25 bits per heavy atom. The van der Waals surface area contributed by atoms with Crippen molar-refractivity contribution in [2.24, 2.45) is 4.99 Å². The Morgan fingerprint density at radius 3 is 2.89 bits per heavy atom. The highest BCUT2D eigenvalue weighted by Gasteiger charge is 2.42. The minimum Gasteiger partial charge on any atom is -0.469 e. The summed E-state index contributed by atoms with van der Waals surface area (Å²) in [7, 11) is 0. The number of rotatable bonds is 10. The number of guanidine groups is 1. The van der Waals surface area contributed by atoms with Gasteiger partial charge in [-0.3, -0.25) is 4.99 Å². The molecule has 0 aromatic carbocycles. The lowest BCUT2D eigenvalue weighted by atomic mass is 9.94. The topological polar surface area (TPSA) is 77.2 Å². The van der Waals surface area contributed by atoms with Crippen LogP contribution in [0.15, 0.2) is 27.8 Å². The molecule has 1 saturated carbocycles. The first-order chi connectivity index (χ1) is 13.8. The lowest BCUT2D eigenvalue weighted by Crippen LogP contribution is -2.40. The standard InChI is InChI=1S/C21H35N3O4/c1-2-25-14-7-12-22-20(23-13-9-18-8-6-15-26-18)24-16-19-17-27-21(28-19)10-4-3-5-11-21/h6,8,15,19H,2-5,7,9-14,16-17H2,1H3,(H2,22,23,24). The van der Waals surface area contributed by atoms with Gasteiger partial charge in [0.2, 0.25) is 0 Å². The van der Waals surface area contributed by atoms with Gasteiger partial charge < -0.3 is 29.3 Å². The monoisotopic (exact) mass is 393 g/mol. The third-order valence-corrected chi connectivity index (χ3v) is 5.19. The summed E-state index contributed by atoms with van der Waals surface area (Å²) in [4.78, 5) is 4.74. The van der Waals surface area contributed by atoms with E-state index in [0.29, 0.717) is 13.2 Å². The van der Waals surface area contributed by atoms with Gasteiger partial charge in [0.25, 0.3) is 0 Å². The van der Waals surface area contributed by atoms with Crippen LogP contribution in [0, 0.1) is 0 Å². The molecule has 1 saturated heterocycles. The highest BCUT2D eigenvalue weighted by Crippen LogP contribution is 2.37. The summed E-state index contributed by atoms with van der Waals surface area (Å²) >= 11 is 0. The number of hydrogen-bond acceptors (Lipinski definition) is 5. The van der Waals surface area contributed by atoms with Crippen molar-refractivity contribution in [2.75, 3.05) is 39.5 Å². The second-order valence-electron chi connectivity index (χ2n) is 7.44. The van der Waals surface area contributed by atoms with Crippen molar-refractivity contribution in [3.63, 3.8) is 0 Å². The fourth-order valence-electron chi connectivity index (χ4n) is 3.71. The van der Waals surface area contributed by atoms with Gasteiger partial charge in [0.1, 0.15) is 11.9 Å². The number of hydrogen-bond donors (Lipinski definition) is 2. The van der Waals surface area contributed by atoms with Gasteiger partial charge in [0.15, 0.2) is 11.7 Å². The van der Waals surface area contributed by atoms with Crippen molar-refractivity contribution < 1.29 is 18.6 Å². The number of nitrogens with zero attached hydrogens (tertiary/aromatic N) is 1. The number of nitrogens with one attached hydrogen (secondary N) is 2. The Bertz CT molecular complexity index is 570. The van der Waals surface area contributed by atoms with Crippen LogP contribution in [0.4, 0.5) is 0 Å². The lowest BCUT2D eigenvalue weighted by Gasteiger charge is -2.31. The van der Waals surface area contributed by atoms with Crippen LogP contribution in [0.3, 0.4) is 0 Å². The number of ether oxygens (including phenoxy) is 3.